The van der Waals surface area contributed by atoms with Crippen molar-refractivity contribution in [1.29, 1.82) is 0 Å². The van der Waals surface area contributed by atoms with Gasteiger partial charge in [-0.1, -0.05) is 0 Å². The number of hydrogen-bond donors (Lipinski definition) is 3. The fourth-order valence-electron chi connectivity index (χ4n) is 2.76. The molecule has 2 aromatic heterocycles. The molecule has 2 amide bonds. The molecular formula is C16H24N6O2. The second-order valence-corrected chi connectivity index (χ2v) is 5.60. The summed E-state index contributed by atoms with van der Waals surface area (Å²) in [5.74, 6) is 0.898. The summed E-state index contributed by atoms with van der Waals surface area (Å²) >= 11 is 0. The fourth-order valence-corrected chi connectivity index (χ4v) is 2.76. The Bertz CT molecular complexity index is 671. The van der Waals surface area contributed by atoms with Crippen LogP contribution in [0.3, 0.4) is 0 Å². The van der Waals surface area contributed by atoms with E-state index in [9.17, 15) is 9.59 Å². The highest BCUT2D eigenvalue weighted by atomic mass is 16.2. The molecule has 0 aliphatic carbocycles. The van der Waals surface area contributed by atoms with Gasteiger partial charge in [0.25, 0.3) is 0 Å². The standard InChI is InChI=1S/C9H16N2O2.C7H8N4/c1-8(13)11-5-3-2-4-9(11)6-10-7-12;1-8-6-4-10-7-5(11-6)2-3-9-7/h7,9H,2-6H2,1H3,(H,10,12);2-4H,1H3,(H,8,11)(H,9,10). The first-order valence-corrected chi connectivity index (χ1v) is 8.07. The van der Waals surface area contributed by atoms with Gasteiger partial charge in [0.1, 0.15) is 11.3 Å². The third-order valence-corrected chi connectivity index (χ3v) is 3.99. The van der Waals surface area contributed by atoms with Gasteiger partial charge in [0.05, 0.1) is 6.20 Å². The number of carbonyl (C=O) groups is 2. The zero-order valence-electron chi connectivity index (χ0n) is 14.1. The Morgan fingerprint density at radius 3 is 3.04 bits per heavy atom. The number of piperidine rings is 1. The molecule has 1 saturated heterocycles. The van der Waals surface area contributed by atoms with Crippen molar-refractivity contribution in [3.8, 4) is 0 Å². The molecule has 1 atom stereocenters. The van der Waals surface area contributed by atoms with Crippen LogP contribution in [0, 0.1) is 0 Å². The maximum atomic E-state index is 11.2. The van der Waals surface area contributed by atoms with Crippen molar-refractivity contribution in [2.75, 3.05) is 25.5 Å². The largest absolute Gasteiger partial charge is 0.372 e. The zero-order valence-corrected chi connectivity index (χ0v) is 14.1. The molecule has 1 unspecified atom stereocenters. The monoisotopic (exact) mass is 332 g/mol. The molecule has 1 fully saturated rings. The minimum atomic E-state index is 0.109. The molecule has 24 heavy (non-hydrogen) atoms. The van der Waals surface area contributed by atoms with Crippen molar-refractivity contribution in [1.82, 2.24) is 25.2 Å². The maximum Gasteiger partial charge on any atom is 0.219 e. The predicted octanol–water partition coefficient (Wildman–Crippen LogP) is 1.13. The Hall–Kier alpha value is -2.64. The molecule has 0 radical (unpaired) electrons. The van der Waals surface area contributed by atoms with E-state index in [4.69, 9.17) is 0 Å². The van der Waals surface area contributed by atoms with Gasteiger partial charge in [-0.2, -0.15) is 0 Å². The second-order valence-electron chi connectivity index (χ2n) is 5.60. The summed E-state index contributed by atoms with van der Waals surface area (Å²) in [5, 5.41) is 5.55. The first kappa shape index (κ1) is 17.7. The summed E-state index contributed by atoms with van der Waals surface area (Å²) in [6, 6.07) is 2.10. The van der Waals surface area contributed by atoms with E-state index < -0.39 is 0 Å². The van der Waals surface area contributed by atoms with E-state index in [2.05, 4.69) is 25.6 Å². The highest BCUT2D eigenvalue weighted by molar-refractivity contribution is 5.73. The highest BCUT2D eigenvalue weighted by Crippen LogP contribution is 2.16. The lowest BCUT2D eigenvalue weighted by molar-refractivity contribution is -0.132. The molecule has 1 aliphatic heterocycles. The molecule has 3 rings (SSSR count). The van der Waals surface area contributed by atoms with Crippen LogP contribution in [-0.2, 0) is 9.59 Å². The lowest BCUT2D eigenvalue weighted by Crippen LogP contribution is -2.47. The van der Waals surface area contributed by atoms with Crippen molar-refractivity contribution in [2.45, 2.75) is 32.2 Å². The minimum Gasteiger partial charge on any atom is -0.372 e. The molecule has 0 aromatic carbocycles. The van der Waals surface area contributed by atoms with Gasteiger partial charge in [0.15, 0.2) is 5.65 Å². The van der Waals surface area contributed by atoms with Crippen molar-refractivity contribution in [2.24, 2.45) is 0 Å². The number of H-pyrrole nitrogens is 1. The molecule has 0 saturated carbocycles. The van der Waals surface area contributed by atoms with Crippen molar-refractivity contribution >= 4 is 29.3 Å². The van der Waals surface area contributed by atoms with E-state index in [-0.39, 0.29) is 11.9 Å². The summed E-state index contributed by atoms with van der Waals surface area (Å²) in [6.45, 7) is 3.00. The van der Waals surface area contributed by atoms with Crippen LogP contribution in [0.15, 0.2) is 18.5 Å². The highest BCUT2D eigenvalue weighted by Gasteiger charge is 2.23. The lowest BCUT2D eigenvalue weighted by atomic mass is 10.0. The van der Waals surface area contributed by atoms with E-state index in [1.165, 1.54) is 0 Å². The van der Waals surface area contributed by atoms with Crippen LogP contribution < -0.4 is 10.6 Å². The molecule has 0 spiro atoms. The number of rotatable bonds is 4. The number of carbonyl (C=O) groups excluding carboxylic acids is 2. The smallest absolute Gasteiger partial charge is 0.219 e. The number of fused-ring (bicyclic) bond motifs is 1. The Morgan fingerprint density at radius 1 is 1.50 bits per heavy atom. The SMILES string of the molecule is CC(=O)N1CCCCC1CNC=O.CNc1cnc2[nH]ccc2n1. The van der Waals surface area contributed by atoms with E-state index in [0.29, 0.717) is 13.0 Å². The van der Waals surface area contributed by atoms with Crippen LogP contribution in [-0.4, -0.2) is 58.3 Å². The third kappa shape index (κ3) is 4.68. The van der Waals surface area contributed by atoms with Gasteiger partial charge < -0.3 is 20.5 Å². The average Bonchev–Trinajstić information content (AvgIpc) is 3.08. The summed E-state index contributed by atoms with van der Waals surface area (Å²) in [6.07, 6.45) is 7.43. The van der Waals surface area contributed by atoms with Crippen LogP contribution >= 0.6 is 0 Å². The molecule has 0 bridgehead atoms. The van der Waals surface area contributed by atoms with Gasteiger partial charge in [-0.3, -0.25) is 9.59 Å². The summed E-state index contributed by atoms with van der Waals surface area (Å²) in [5.41, 5.74) is 1.71. The summed E-state index contributed by atoms with van der Waals surface area (Å²) < 4.78 is 0. The quantitative estimate of drug-likeness (QED) is 0.728. The number of anilines is 1. The van der Waals surface area contributed by atoms with E-state index in [1.54, 1.807) is 13.1 Å². The van der Waals surface area contributed by atoms with Crippen molar-refractivity contribution in [3.63, 3.8) is 0 Å². The topological polar surface area (TPSA) is 103 Å². The lowest BCUT2D eigenvalue weighted by Gasteiger charge is -2.34. The number of nitrogens with one attached hydrogen (secondary N) is 3. The molecular weight excluding hydrogens is 308 g/mol. The number of likely N-dealkylation sites (tertiary alicyclic amines) is 1. The fraction of sp³-hybridized carbons (Fsp3) is 0.500. The van der Waals surface area contributed by atoms with E-state index >= 15 is 0 Å². The van der Waals surface area contributed by atoms with Crippen LogP contribution in [0.2, 0.25) is 0 Å². The van der Waals surface area contributed by atoms with E-state index in [1.807, 2.05) is 24.2 Å². The van der Waals surface area contributed by atoms with Crippen molar-refractivity contribution < 1.29 is 9.59 Å². The van der Waals surface area contributed by atoms with Crippen LogP contribution in [0.25, 0.3) is 11.2 Å². The molecule has 130 valence electrons. The molecule has 3 N–H and O–H groups in total. The molecule has 3 heterocycles. The van der Waals surface area contributed by atoms with Crippen LogP contribution in [0.1, 0.15) is 26.2 Å². The third-order valence-electron chi connectivity index (χ3n) is 3.99. The first-order valence-electron chi connectivity index (χ1n) is 8.07. The number of nitrogens with zero attached hydrogens (tertiary/aromatic N) is 3. The van der Waals surface area contributed by atoms with Gasteiger partial charge in [-0.25, -0.2) is 9.97 Å². The number of aromatic nitrogens is 3. The molecule has 8 nitrogen and oxygen atoms in total. The van der Waals surface area contributed by atoms with Crippen LogP contribution in [0.4, 0.5) is 5.82 Å². The van der Waals surface area contributed by atoms with Crippen molar-refractivity contribution in [3.05, 3.63) is 18.5 Å². The number of amides is 2. The molecule has 2 aromatic rings. The zero-order chi connectivity index (χ0) is 17.4. The first-order chi connectivity index (χ1) is 11.7. The maximum absolute atomic E-state index is 11.2. The predicted molar refractivity (Wildman–Crippen MR) is 92.5 cm³/mol. The van der Waals surface area contributed by atoms with Gasteiger partial charge in [0.2, 0.25) is 12.3 Å². The second kappa shape index (κ2) is 8.85. The molecule has 1 aliphatic rings. The summed E-state index contributed by atoms with van der Waals surface area (Å²) in [4.78, 5) is 34.5. The average molecular weight is 332 g/mol. The number of hydrogen-bond acceptors (Lipinski definition) is 5. The summed E-state index contributed by atoms with van der Waals surface area (Å²) in [7, 11) is 1.82. The Balaban J connectivity index is 0.000000175. The normalized spacial score (nSPS) is 16.9. The van der Waals surface area contributed by atoms with Gasteiger partial charge in [0, 0.05) is 39.3 Å². The van der Waals surface area contributed by atoms with Gasteiger partial charge >= 0.3 is 0 Å². The van der Waals surface area contributed by atoms with E-state index in [0.717, 1.165) is 42.8 Å². The Kier molecular flexibility index (Phi) is 6.53. The molecule has 8 heteroatoms. The minimum absolute atomic E-state index is 0.109. The van der Waals surface area contributed by atoms with Gasteiger partial charge in [-0.15, -0.1) is 0 Å². The Morgan fingerprint density at radius 2 is 2.33 bits per heavy atom. The van der Waals surface area contributed by atoms with Crippen LogP contribution in [0.5, 0.6) is 0 Å². The Labute approximate surface area is 141 Å². The van der Waals surface area contributed by atoms with Gasteiger partial charge in [-0.05, 0) is 25.3 Å². The number of aromatic amines is 1.